The number of hydrazone groups is 1. The number of benzene rings is 1. The van der Waals surface area contributed by atoms with Gasteiger partial charge < -0.3 is 11.1 Å². The number of hydrogen-bond acceptors (Lipinski definition) is 4. The average molecular weight is 348 g/mol. The van der Waals surface area contributed by atoms with Crippen LogP contribution in [0.3, 0.4) is 0 Å². The molecule has 1 atom stereocenters. The molecule has 0 fully saturated rings. The lowest BCUT2D eigenvalue weighted by Gasteiger charge is -2.10. The van der Waals surface area contributed by atoms with Gasteiger partial charge in [-0.1, -0.05) is 35.2 Å². The zero-order valence-electron chi connectivity index (χ0n) is 14.8. The molecule has 1 aromatic carbocycles. The van der Waals surface area contributed by atoms with Crippen LogP contribution in [0.25, 0.3) is 0 Å². The summed E-state index contributed by atoms with van der Waals surface area (Å²) in [4.78, 5) is 12.1. The molecule has 1 aromatic rings. The van der Waals surface area contributed by atoms with Gasteiger partial charge in [-0.05, 0) is 49.8 Å². The summed E-state index contributed by atoms with van der Waals surface area (Å²) in [5.41, 5.74) is 7.88. The zero-order chi connectivity index (χ0) is 17.9. The maximum absolute atomic E-state index is 12.8. The predicted molar refractivity (Wildman–Crippen MR) is 98.8 cm³/mol. The highest BCUT2D eigenvalue weighted by atomic mass is 19.2. The molecule has 0 spiro atoms. The summed E-state index contributed by atoms with van der Waals surface area (Å²) in [5, 5.41) is 7.06. The topological polar surface area (TPSA) is 70.7 Å². The van der Waals surface area contributed by atoms with Gasteiger partial charge in [0.15, 0.2) is 0 Å². The normalized spacial score (nSPS) is 16.4. The second-order valence-electron chi connectivity index (χ2n) is 6.58. The Balaban J connectivity index is 1.64. The molecule has 25 heavy (non-hydrogen) atoms. The summed E-state index contributed by atoms with van der Waals surface area (Å²) in [6.07, 6.45) is 7.88. The molecule has 0 aromatic heterocycles. The number of aryl methyl sites for hydroxylation is 1. The minimum Gasteiger partial charge on any atom is -0.356 e. The van der Waals surface area contributed by atoms with Crippen LogP contribution >= 0.6 is 0 Å². The number of hydrogen-bond donors (Lipinski definition) is 2. The quantitative estimate of drug-likeness (QED) is 0.477. The van der Waals surface area contributed by atoms with E-state index in [2.05, 4.69) is 16.5 Å². The van der Waals surface area contributed by atoms with Crippen molar-refractivity contribution < 1.29 is 9.28 Å². The summed E-state index contributed by atoms with van der Waals surface area (Å²) in [7, 11) is 0. The molecule has 0 aliphatic carbocycles. The first-order valence-corrected chi connectivity index (χ1v) is 9.20. The van der Waals surface area contributed by atoms with E-state index >= 15 is 0 Å². The maximum atomic E-state index is 12.8. The van der Waals surface area contributed by atoms with Crippen LogP contribution in [0.5, 0.6) is 0 Å². The van der Waals surface area contributed by atoms with Crippen LogP contribution in [0.2, 0.25) is 0 Å². The van der Waals surface area contributed by atoms with E-state index in [0.29, 0.717) is 31.3 Å². The minimum atomic E-state index is 0.0589. The Morgan fingerprint density at radius 3 is 2.76 bits per heavy atom. The van der Waals surface area contributed by atoms with Crippen LogP contribution < -0.4 is 11.1 Å². The molecule has 0 saturated carbocycles. The molecule has 1 amide bonds. The Bertz CT molecular complexity index is 564. The fourth-order valence-corrected chi connectivity index (χ4v) is 3.05. The van der Waals surface area contributed by atoms with E-state index in [9.17, 15) is 9.28 Å². The number of halogens is 1. The van der Waals surface area contributed by atoms with Crippen LogP contribution in [0, 0.1) is 5.92 Å². The fraction of sp³-hybridized carbons (Fsp3) is 0.579. The first-order valence-electron chi connectivity index (χ1n) is 9.20. The highest BCUT2D eigenvalue weighted by molar-refractivity contribution is 5.78. The predicted octanol–water partition coefficient (Wildman–Crippen LogP) is 2.60. The molecular weight excluding hydrogens is 319 g/mol. The van der Waals surface area contributed by atoms with Crippen LogP contribution in [0.1, 0.15) is 43.2 Å². The van der Waals surface area contributed by atoms with Gasteiger partial charge in [-0.15, -0.1) is 5.23 Å². The number of amides is 1. The Labute approximate surface area is 149 Å². The summed E-state index contributed by atoms with van der Waals surface area (Å²) in [6.45, 7) is 1.73. The second-order valence-corrected chi connectivity index (χ2v) is 6.58. The van der Waals surface area contributed by atoms with Gasteiger partial charge in [0.2, 0.25) is 5.91 Å². The lowest BCUT2D eigenvalue weighted by atomic mass is 9.99. The van der Waals surface area contributed by atoms with Crippen LogP contribution in [-0.2, 0) is 17.6 Å². The molecule has 1 aliphatic heterocycles. The Kier molecular flexibility index (Phi) is 8.39. The molecule has 3 N–H and O–H groups in total. The molecule has 0 bridgehead atoms. The second kappa shape index (κ2) is 10.8. The van der Waals surface area contributed by atoms with E-state index in [1.54, 1.807) is 6.21 Å². The van der Waals surface area contributed by atoms with Crippen molar-refractivity contribution in [3.8, 4) is 0 Å². The molecule has 138 valence electrons. The Hall–Kier alpha value is -1.95. The number of nitrogens with one attached hydrogen (secondary N) is 1. The van der Waals surface area contributed by atoms with Crippen molar-refractivity contribution in [2.75, 3.05) is 19.6 Å². The van der Waals surface area contributed by atoms with Crippen molar-refractivity contribution in [2.24, 2.45) is 16.8 Å². The van der Waals surface area contributed by atoms with Gasteiger partial charge in [0.25, 0.3) is 0 Å². The molecule has 6 heteroatoms. The third kappa shape index (κ3) is 7.22. The first-order chi connectivity index (χ1) is 12.2. The van der Waals surface area contributed by atoms with E-state index in [1.165, 1.54) is 5.56 Å². The van der Waals surface area contributed by atoms with Crippen molar-refractivity contribution in [2.45, 2.75) is 44.9 Å². The van der Waals surface area contributed by atoms with Gasteiger partial charge in [0, 0.05) is 18.7 Å². The van der Waals surface area contributed by atoms with Gasteiger partial charge in [0.1, 0.15) is 0 Å². The van der Waals surface area contributed by atoms with Crippen molar-refractivity contribution in [1.82, 2.24) is 10.5 Å². The van der Waals surface area contributed by atoms with Gasteiger partial charge in [-0.3, -0.25) is 4.79 Å². The smallest absolute Gasteiger partial charge is 0.224 e. The van der Waals surface area contributed by atoms with E-state index in [-0.39, 0.29) is 11.8 Å². The van der Waals surface area contributed by atoms with E-state index in [1.807, 2.05) is 18.2 Å². The van der Waals surface area contributed by atoms with Gasteiger partial charge in [0.05, 0.1) is 13.0 Å². The average Bonchev–Trinajstić information content (AvgIpc) is 3.01. The van der Waals surface area contributed by atoms with E-state index in [0.717, 1.165) is 44.1 Å². The van der Waals surface area contributed by atoms with Gasteiger partial charge >= 0.3 is 0 Å². The number of nitrogens with zero attached hydrogens (tertiary/aromatic N) is 2. The molecule has 1 aliphatic rings. The molecule has 0 radical (unpaired) electrons. The van der Waals surface area contributed by atoms with Crippen molar-refractivity contribution in [1.29, 1.82) is 0 Å². The fourth-order valence-electron chi connectivity index (χ4n) is 3.05. The lowest BCUT2D eigenvalue weighted by molar-refractivity contribution is -0.120. The van der Waals surface area contributed by atoms with E-state index < -0.39 is 0 Å². The standard InChI is InChI=1S/C19H29FN4O/c20-24-15-16(14-23-24)7-4-6-12-22-19(25)13-18-10-2-1-8-17(18)9-3-5-11-21/h1-2,8,10,14,16H,3-7,9,11-13,15,21H2,(H,22,25). The molecule has 0 saturated heterocycles. The number of carbonyl (C=O) groups excluding carboxylic acids is 1. The largest absolute Gasteiger partial charge is 0.356 e. The summed E-state index contributed by atoms with van der Waals surface area (Å²) < 4.78 is 12.8. The molecule has 2 rings (SSSR count). The third-order valence-corrected chi connectivity index (χ3v) is 4.48. The lowest BCUT2D eigenvalue weighted by Crippen LogP contribution is -2.26. The highest BCUT2D eigenvalue weighted by Gasteiger charge is 2.16. The third-order valence-electron chi connectivity index (χ3n) is 4.48. The summed E-state index contributed by atoms with van der Waals surface area (Å²) >= 11 is 0. The van der Waals surface area contributed by atoms with E-state index in [4.69, 9.17) is 5.73 Å². The first kappa shape index (κ1) is 19.4. The van der Waals surface area contributed by atoms with Crippen molar-refractivity contribution in [3.05, 3.63) is 35.4 Å². The highest BCUT2D eigenvalue weighted by Crippen LogP contribution is 2.15. The van der Waals surface area contributed by atoms with Crippen molar-refractivity contribution >= 4 is 12.1 Å². The molecule has 1 heterocycles. The SMILES string of the molecule is NCCCCc1ccccc1CC(=O)NCCCCC1C=NN(F)C1. The summed E-state index contributed by atoms with van der Waals surface area (Å²) in [6, 6.07) is 8.12. The maximum Gasteiger partial charge on any atom is 0.224 e. The van der Waals surface area contributed by atoms with Crippen LogP contribution in [-0.4, -0.2) is 37.0 Å². The summed E-state index contributed by atoms with van der Waals surface area (Å²) in [5.74, 6) is 0.254. The van der Waals surface area contributed by atoms with Crippen molar-refractivity contribution in [3.63, 3.8) is 0 Å². The number of carbonyl (C=O) groups is 1. The number of nitrogens with two attached hydrogens (primary N) is 1. The minimum absolute atomic E-state index is 0.0589. The number of rotatable bonds is 11. The van der Waals surface area contributed by atoms with Crippen LogP contribution in [0.15, 0.2) is 29.4 Å². The number of unbranched alkanes of at least 4 members (excludes halogenated alkanes) is 2. The molecule has 5 nitrogen and oxygen atoms in total. The van der Waals surface area contributed by atoms with Gasteiger partial charge in [-0.2, -0.15) is 5.10 Å². The molecule has 1 unspecified atom stereocenters. The van der Waals surface area contributed by atoms with Crippen LogP contribution in [0.4, 0.5) is 4.48 Å². The van der Waals surface area contributed by atoms with Gasteiger partial charge in [-0.25, -0.2) is 0 Å². The Morgan fingerprint density at radius 2 is 2.04 bits per heavy atom. The monoisotopic (exact) mass is 348 g/mol. The molecular formula is C19H29FN4O. The zero-order valence-corrected chi connectivity index (χ0v) is 14.8. The Morgan fingerprint density at radius 1 is 1.24 bits per heavy atom.